The van der Waals surface area contributed by atoms with Crippen molar-refractivity contribution in [3.8, 4) is 0 Å². The smallest absolute Gasteiger partial charge is 0.327 e. The first-order valence-electron chi connectivity index (χ1n) is 4.90. The summed E-state index contributed by atoms with van der Waals surface area (Å²) in [6, 6.07) is 6.20. The highest BCUT2D eigenvalue weighted by atomic mass is 35.5. The van der Waals surface area contributed by atoms with Crippen LogP contribution >= 0.6 is 36.6 Å². The molecule has 0 spiro atoms. The second-order valence-corrected chi connectivity index (χ2v) is 4.07. The lowest BCUT2D eigenvalue weighted by Gasteiger charge is -2.09. The van der Waals surface area contributed by atoms with E-state index >= 15 is 0 Å². The fourth-order valence-electron chi connectivity index (χ4n) is 1.19. The third kappa shape index (κ3) is 6.15. The van der Waals surface area contributed by atoms with Crippen LogP contribution in [0.15, 0.2) is 29.3 Å². The van der Waals surface area contributed by atoms with Crippen molar-refractivity contribution in [1.29, 1.82) is 0 Å². The van der Waals surface area contributed by atoms with Crippen LogP contribution in [0.5, 0.6) is 0 Å². The van der Waals surface area contributed by atoms with Gasteiger partial charge in [-0.25, -0.2) is 4.99 Å². The van der Waals surface area contributed by atoms with Crippen molar-refractivity contribution in [2.75, 3.05) is 13.4 Å². The molecule has 0 aliphatic rings. The first kappa shape index (κ1) is 20.4. The summed E-state index contributed by atoms with van der Waals surface area (Å²) in [5.41, 5.74) is 12.7. The van der Waals surface area contributed by atoms with Crippen LogP contribution in [0, 0.1) is 0 Å². The Balaban J connectivity index is 0. The maximum atomic E-state index is 11.2. The molecule has 1 atom stereocenters. The molecule has 1 aromatic carbocycles. The average Bonchev–Trinajstić information content (AvgIpc) is 2.37. The van der Waals surface area contributed by atoms with Gasteiger partial charge in [0.25, 0.3) is 0 Å². The number of benzene rings is 1. The number of aliphatic imine (C=N–C) groups is 1. The minimum atomic E-state index is -0.768. The molecule has 0 aliphatic heterocycles. The highest BCUT2D eigenvalue weighted by molar-refractivity contribution is 8.13. The van der Waals surface area contributed by atoms with Crippen molar-refractivity contribution >= 4 is 53.4 Å². The number of rotatable bonds is 3. The van der Waals surface area contributed by atoms with Crippen molar-refractivity contribution in [3.63, 3.8) is 0 Å². The van der Waals surface area contributed by atoms with E-state index in [-0.39, 0.29) is 24.8 Å². The second-order valence-electron chi connectivity index (χ2n) is 3.25. The van der Waals surface area contributed by atoms with E-state index in [9.17, 15) is 4.79 Å². The number of ether oxygens (including phenoxy) is 1. The molecule has 1 rings (SSSR count). The number of amidine groups is 1. The van der Waals surface area contributed by atoms with Gasteiger partial charge in [0.2, 0.25) is 0 Å². The van der Waals surface area contributed by atoms with Crippen LogP contribution in [0.1, 0.15) is 11.6 Å². The van der Waals surface area contributed by atoms with Crippen molar-refractivity contribution in [1.82, 2.24) is 0 Å². The van der Waals surface area contributed by atoms with Crippen molar-refractivity contribution in [3.05, 3.63) is 29.8 Å². The number of esters is 1. The lowest BCUT2D eigenvalue weighted by Crippen LogP contribution is -2.22. The van der Waals surface area contributed by atoms with Gasteiger partial charge in [0.15, 0.2) is 5.17 Å². The molecule has 0 amide bonds. The summed E-state index contributed by atoms with van der Waals surface area (Å²) in [4.78, 5) is 15.4. The summed E-state index contributed by atoms with van der Waals surface area (Å²) < 4.78 is 4.56. The maximum Gasteiger partial charge on any atom is 0.327 e. The summed E-state index contributed by atoms with van der Waals surface area (Å²) >= 11 is 1.37. The summed E-state index contributed by atoms with van der Waals surface area (Å²) in [6.07, 6.45) is 1.85. The molecule has 0 bridgehead atoms. The molecule has 5 nitrogen and oxygen atoms in total. The maximum absolute atomic E-state index is 11.2. The lowest BCUT2D eigenvalue weighted by molar-refractivity contribution is -0.142. The largest absolute Gasteiger partial charge is 0.468 e. The molecule has 8 heteroatoms. The van der Waals surface area contributed by atoms with Crippen LogP contribution in [0.2, 0.25) is 0 Å². The van der Waals surface area contributed by atoms with Crippen molar-refractivity contribution in [2.45, 2.75) is 6.04 Å². The van der Waals surface area contributed by atoms with E-state index in [2.05, 4.69) is 9.73 Å². The van der Waals surface area contributed by atoms with Gasteiger partial charge in [0, 0.05) is 0 Å². The number of methoxy groups -OCH3 is 1. The molecule has 0 fully saturated rings. The highest BCUT2D eigenvalue weighted by Gasteiger charge is 2.15. The third-order valence-electron chi connectivity index (χ3n) is 2.16. The van der Waals surface area contributed by atoms with Crippen molar-refractivity contribution in [2.24, 2.45) is 16.5 Å². The fourth-order valence-corrected chi connectivity index (χ4v) is 1.39. The molecule has 1 unspecified atom stereocenters. The van der Waals surface area contributed by atoms with Gasteiger partial charge in [-0.2, -0.15) is 0 Å². The van der Waals surface area contributed by atoms with E-state index < -0.39 is 12.0 Å². The Bertz CT molecular complexity index is 426. The number of nitrogens with zero attached hydrogens (tertiary/aromatic N) is 1. The van der Waals surface area contributed by atoms with E-state index in [1.54, 1.807) is 24.3 Å². The Morgan fingerprint density at radius 3 is 2.26 bits per heavy atom. The van der Waals surface area contributed by atoms with Gasteiger partial charge < -0.3 is 16.2 Å². The molecule has 0 heterocycles. The second kappa shape index (κ2) is 9.91. The van der Waals surface area contributed by atoms with Gasteiger partial charge in [0.1, 0.15) is 6.04 Å². The number of carbonyl (C=O) groups excluding carboxylic acids is 1. The Labute approximate surface area is 129 Å². The molecule has 4 N–H and O–H groups in total. The predicted molar refractivity (Wildman–Crippen MR) is 84.7 cm³/mol. The number of hydrogen-bond donors (Lipinski definition) is 2. The minimum Gasteiger partial charge on any atom is -0.468 e. The highest BCUT2D eigenvalue weighted by Crippen LogP contribution is 2.18. The zero-order valence-electron chi connectivity index (χ0n) is 10.5. The van der Waals surface area contributed by atoms with Gasteiger partial charge in [-0.15, -0.1) is 24.8 Å². The average molecular weight is 326 g/mol. The van der Waals surface area contributed by atoms with Gasteiger partial charge in [-0.3, -0.25) is 4.79 Å². The molecule has 0 aliphatic carbocycles. The Morgan fingerprint density at radius 1 is 1.32 bits per heavy atom. The molecular formula is C11H17Cl2N3O2S. The lowest BCUT2D eigenvalue weighted by atomic mass is 10.1. The molecule has 19 heavy (non-hydrogen) atoms. The van der Waals surface area contributed by atoms with E-state index in [4.69, 9.17) is 11.5 Å². The van der Waals surface area contributed by atoms with Crippen LogP contribution < -0.4 is 11.5 Å². The summed E-state index contributed by atoms with van der Waals surface area (Å²) in [5.74, 6) is -0.468. The van der Waals surface area contributed by atoms with Gasteiger partial charge in [-0.05, 0) is 24.0 Å². The number of nitrogens with two attached hydrogens (primary N) is 2. The minimum absolute atomic E-state index is 0. The number of thioether (sulfide) groups is 1. The molecule has 1 aromatic rings. The Kier molecular flexibility index (Phi) is 10.6. The predicted octanol–water partition coefficient (Wildman–Crippen LogP) is 2.01. The first-order valence-corrected chi connectivity index (χ1v) is 6.12. The monoisotopic (exact) mass is 325 g/mol. The first-order chi connectivity index (χ1) is 8.08. The van der Waals surface area contributed by atoms with Crippen LogP contribution in [0.4, 0.5) is 5.69 Å². The number of hydrogen-bond acceptors (Lipinski definition) is 5. The quantitative estimate of drug-likeness (QED) is 0.504. The van der Waals surface area contributed by atoms with E-state index in [0.29, 0.717) is 10.7 Å². The third-order valence-corrected chi connectivity index (χ3v) is 2.67. The van der Waals surface area contributed by atoms with Gasteiger partial charge in [0.05, 0.1) is 12.8 Å². The topological polar surface area (TPSA) is 90.7 Å². The standard InChI is InChI=1S/C11H15N3O2S.2ClH/c1-16-10(15)9(12)7-3-5-8(6-4-7)14-11(13)17-2;;/h3-6,9H,12H2,1-2H3,(H2,13,14);2*1H. The van der Waals surface area contributed by atoms with E-state index in [1.807, 2.05) is 6.26 Å². The molecular weight excluding hydrogens is 309 g/mol. The fraction of sp³-hybridized carbons (Fsp3) is 0.273. The SMILES string of the molecule is COC(=O)C(N)c1ccc(N=C(N)SC)cc1.Cl.Cl. The zero-order chi connectivity index (χ0) is 12.8. The van der Waals surface area contributed by atoms with Gasteiger partial charge in [-0.1, -0.05) is 23.9 Å². The van der Waals surface area contributed by atoms with Crippen LogP contribution in [-0.4, -0.2) is 24.5 Å². The van der Waals surface area contributed by atoms with Gasteiger partial charge >= 0.3 is 5.97 Å². The molecule has 108 valence electrons. The summed E-state index contributed by atoms with van der Waals surface area (Å²) in [6.45, 7) is 0. The normalized spacial score (nSPS) is 11.8. The molecule has 0 saturated heterocycles. The zero-order valence-corrected chi connectivity index (χ0v) is 13.0. The Morgan fingerprint density at radius 2 is 1.84 bits per heavy atom. The number of halogens is 2. The Hall–Kier alpha value is -0.950. The van der Waals surface area contributed by atoms with Crippen LogP contribution in [0.3, 0.4) is 0 Å². The van der Waals surface area contributed by atoms with Crippen LogP contribution in [0.25, 0.3) is 0 Å². The van der Waals surface area contributed by atoms with Crippen molar-refractivity contribution < 1.29 is 9.53 Å². The molecule has 0 saturated carbocycles. The number of carbonyl (C=O) groups is 1. The molecule has 0 aromatic heterocycles. The summed E-state index contributed by atoms with van der Waals surface area (Å²) in [7, 11) is 1.31. The van der Waals surface area contributed by atoms with E-state index in [1.165, 1.54) is 18.9 Å². The van der Waals surface area contributed by atoms with E-state index in [0.717, 1.165) is 5.69 Å². The molecule has 0 radical (unpaired) electrons. The van der Waals surface area contributed by atoms with Crippen LogP contribution in [-0.2, 0) is 9.53 Å². The summed E-state index contributed by atoms with van der Waals surface area (Å²) in [5, 5.41) is 0.481.